The molecule has 0 unspecified atom stereocenters. The number of hydrogen-bond donors (Lipinski definition) is 0. The van der Waals surface area contributed by atoms with Crippen LogP contribution in [0.15, 0.2) is 48.5 Å². The SMILES string of the molecule is CC(=O)N(CCC(=O)N1CCc2ccccc21)c1ccccc1C#N. The minimum atomic E-state index is -0.183. The zero-order valence-electron chi connectivity index (χ0n) is 14.1. The smallest absolute Gasteiger partial charge is 0.228 e. The number of nitrogens with zero attached hydrogens (tertiary/aromatic N) is 3. The summed E-state index contributed by atoms with van der Waals surface area (Å²) in [6.45, 7) is 2.38. The van der Waals surface area contributed by atoms with Gasteiger partial charge in [-0.05, 0) is 30.2 Å². The minimum Gasteiger partial charge on any atom is -0.312 e. The fraction of sp³-hybridized carbons (Fsp3) is 0.250. The van der Waals surface area contributed by atoms with E-state index < -0.39 is 0 Å². The first-order valence-corrected chi connectivity index (χ1v) is 8.27. The molecule has 0 saturated carbocycles. The highest BCUT2D eigenvalue weighted by molar-refractivity contribution is 5.98. The predicted molar refractivity (Wildman–Crippen MR) is 96.3 cm³/mol. The fourth-order valence-electron chi connectivity index (χ4n) is 3.19. The molecule has 25 heavy (non-hydrogen) atoms. The molecule has 1 heterocycles. The van der Waals surface area contributed by atoms with Crippen LogP contribution in [0.4, 0.5) is 11.4 Å². The summed E-state index contributed by atoms with van der Waals surface area (Å²) < 4.78 is 0. The summed E-state index contributed by atoms with van der Waals surface area (Å²) >= 11 is 0. The average Bonchev–Trinajstić information content (AvgIpc) is 3.06. The summed E-state index contributed by atoms with van der Waals surface area (Å²) in [5, 5.41) is 9.25. The molecule has 0 aliphatic carbocycles. The molecule has 5 nitrogen and oxygen atoms in total. The molecule has 0 saturated heterocycles. The van der Waals surface area contributed by atoms with Crippen molar-refractivity contribution in [1.29, 1.82) is 5.26 Å². The number of rotatable bonds is 4. The maximum atomic E-state index is 12.6. The zero-order valence-corrected chi connectivity index (χ0v) is 14.1. The van der Waals surface area contributed by atoms with Crippen LogP contribution in [0.25, 0.3) is 0 Å². The van der Waals surface area contributed by atoms with E-state index >= 15 is 0 Å². The first-order chi connectivity index (χ1) is 12.1. The Labute approximate surface area is 147 Å². The number of benzene rings is 2. The molecule has 2 aromatic carbocycles. The maximum Gasteiger partial charge on any atom is 0.228 e. The van der Waals surface area contributed by atoms with Gasteiger partial charge in [-0.1, -0.05) is 30.3 Å². The van der Waals surface area contributed by atoms with Crippen LogP contribution in [-0.2, 0) is 16.0 Å². The second-order valence-corrected chi connectivity index (χ2v) is 5.97. The Morgan fingerprint density at radius 3 is 2.64 bits per heavy atom. The third-order valence-electron chi connectivity index (χ3n) is 4.43. The van der Waals surface area contributed by atoms with E-state index in [1.807, 2.05) is 24.3 Å². The first kappa shape index (κ1) is 16.7. The molecule has 1 aliphatic rings. The number of para-hydroxylation sites is 2. The Hall–Kier alpha value is -3.13. The van der Waals surface area contributed by atoms with Gasteiger partial charge >= 0.3 is 0 Å². The van der Waals surface area contributed by atoms with Crippen LogP contribution < -0.4 is 9.80 Å². The van der Waals surface area contributed by atoms with Crippen molar-refractivity contribution in [3.05, 3.63) is 59.7 Å². The number of amides is 2. The van der Waals surface area contributed by atoms with E-state index in [2.05, 4.69) is 6.07 Å². The monoisotopic (exact) mass is 333 g/mol. The van der Waals surface area contributed by atoms with Crippen LogP contribution in [0, 0.1) is 11.3 Å². The summed E-state index contributed by atoms with van der Waals surface area (Å²) in [7, 11) is 0. The number of anilines is 2. The second kappa shape index (κ2) is 7.18. The highest BCUT2D eigenvalue weighted by Crippen LogP contribution is 2.28. The van der Waals surface area contributed by atoms with Crippen LogP contribution in [-0.4, -0.2) is 24.9 Å². The van der Waals surface area contributed by atoms with Gasteiger partial charge in [0.05, 0.1) is 11.3 Å². The van der Waals surface area contributed by atoms with Crippen molar-refractivity contribution in [3.63, 3.8) is 0 Å². The van der Waals surface area contributed by atoms with Crippen LogP contribution in [0.1, 0.15) is 24.5 Å². The Morgan fingerprint density at radius 2 is 1.88 bits per heavy atom. The van der Waals surface area contributed by atoms with E-state index in [1.54, 1.807) is 29.2 Å². The molecule has 2 amide bonds. The largest absolute Gasteiger partial charge is 0.312 e. The third kappa shape index (κ3) is 3.38. The lowest BCUT2D eigenvalue weighted by Crippen LogP contribution is -2.36. The number of fused-ring (bicyclic) bond motifs is 1. The molecule has 0 fully saturated rings. The third-order valence-corrected chi connectivity index (χ3v) is 4.43. The standard InChI is InChI=1S/C20H19N3O2/c1-15(24)22(19-9-5-3-7-17(19)14-21)13-11-20(25)23-12-10-16-6-2-4-8-18(16)23/h2-9H,10-13H2,1H3. The van der Waals surface area contributed by atoms with E-state index in [9.17, 15) is 14.9 Å². The zero-order chi connectivity index (χ0) is 17.8. The van der Waals surface area contributed by atoms with Crippen molar-refractivity contribution in [2.45, 2.75) is 19.8 Å². The van der Waals surface area contributed by atoms with Gasteiger partial charge in [0.25, 0.3) is 0 Å². The van der Waals surface area contributed by atoms with Crippen LogP contribution >= 0.6 is 0 Å². The first-order valence-electron chi connectivity index (χ1n) is 8.27. The molecular formula is C20H19N3O2. The van der Waals surface area contributed by atoms with Gasteiger partial charge in [-0.2, -0.15) is 5.26 Å². The molecule has 2 aromatic rings. The van der Waals surface area contributed by atoms with E-state index in [1.165, 1.54) is 17.4 Å². The van der Waals surface area contributed by atoms with Gasteiger partial charge in [0.2, 0.25) is 11.8 Å². The molecular weight excluding hydrogens is 314 g/mol. The summed E-state index contributed by atoms with van der Waals surface area (Å²) in [5.41, 5.74) is 3.11. The lowest BCUT2D eigenvalue weighted by atomic mass is 10.1. The van der Waals surface area contributed by atoms with Crippen molar-refractivity contribution in [2.75, 3.05) is 22.9 Å². The Balaban J connectivity index is 1.74. The van der Waals surface area contributed by atoms with Crippen LogP contribution in [0.2, 0.25) is 0 Å². The predicted octanol–water partition coefficient (Wildman–Crippen LogP) is 2.89. The van der Waals surface area contributed by atoms with Gasteiger partial charge in [0, 0.05) is 32.1 Å². The fourth-order valence-corrected chi connectivity index (χ4v) is 3.19. The molecule has 0 aromatic heterocycles. The van der Waals surface area contributed by atoms with E-state index in [-0.39, 0.29) is 24.8 Å². The van der Waals surface area contributed by atoms with Crippen LogP contribution in [0.3, 0.4) is 0 Å². The summed E-state index contributed by atoms with van der Waals surface area (Å²) in [6, 6.07) is 16.9. The Kier molecular flexibility index (Phi) is 4.80. The lowest BCUT2D eigenvalue weighted by Gasteiger charge is -2.24. The summed E-state index contributed by atoms with van der Waals surface area (Å²) in [4.78, 5) is 28.0. The molecule has 3 rings (SSSR count). The average molecular weight is 333 g/mol. The van der Waals surface area contributed by atoms with Crippen molar-refractivity contribution in [2.24, 2.45) is 0 Å². The van der Waals surface area contributed by atoms with E-state index in [0.29, 0.717) is 17.8 Å². The molecule has 0 atom stereocenters. The molecule has 0 spiro atoms. The topological polar surface area (TPSA) is 64.4 Å². The normalized spacial score (nSPS) is 12.4. The van der Waals surface area contributed by atoms with Crippen molar-refractivity contribution >= 4 is 23.2 Å². The van der Waals surface area contributed by atoms with Gasteiger partial charge in [0.15, 0.2) is 0 Å². The highest BCUT2D eigenvalue weighted by atomic mass is 16.2. The number of carbonyl (C=O) groups excluding carboxylic acids is 2. The van der Waals surface area contributed by atoms with Gasteiger partial charge in [-0.15, -0.1) is 0 Å². The molecule has 5 heteroatoms. The molecule has 126 valence electrons. The number of carbonyl (C=O) groups is 2. The van der Waals surface area contributed by atoms with Gasteiger partial charge in [-0.3, -0.25) is 9.59 Å². The molecule has 0 N–H and O–H groups in total. The second-order valence-electron chi connectivity index (χ2n) is 5.97. The highest BCUT2D eigenvalue weighted by Gasteiger charge is 2.25. The van der Waals surface area contributed by atoms with Crippen molar-refractivity contribution < 1.29 is 9.59 Å². The molecule has 0 radical (unpaired) electrons. The molecule has 0 bridgehead atoms. The van der Waals surface area contributed by atoms with Crippen LogP contribution in [0.5, 0.6) is 0 Å². The van der Waals surface area contributed by atoms with E-state index in [4.69, 9.17) is 0 Å². The molecule has 1 aliphatic heterocycles. The van der Waals surface area contributed by atoms with Crippen molar-refractivity contribution in [3.8, 4) is 6.07 Å². The number of nitriles is 1. The number of hydrogen-bond acceptors (Lipinski definition) is 3. The van der Waals surface area contributed by atoms with E-state index in [0.717, 1.165) is 12.1 Å². The van der Waals surface area contributed by atoms with Gasteiger partial charge < -0.3 is 9.80 Å². The Morgan fingerprint density at radius 1 is 1.16 bits per heavy atom. The summed E-state index contributed by atoms with van der Waals surface area (Å²) in [5.74, 6) is -0.192. The van der Waals surface area contributed by atoms with Gasteiger partial charge in [-0.25, -0.2) is 0 Å². The Bertz CT molecular complexity index is 854. The maximum absolute atomic E-state index is 12.6. The quantitative estimate of drug-likeness (QED) is 0.864. The lowest BCUT2D eigenvalue weighted by molar-refractivity contribution is -0.118. The van der Waals surface area contributed by atoms with Crippen molar-refractivity contribution in [1.82, 2.24) is 0 Å². The van der Waals surface area contributed by atoms with Gasteiger partial charge in [0.1, 0.15) is 6.07 Å². The minimum absolute atomic E-state index is 0.00867. The summed E-state index contributed by atoms with van der Waals surface area (Å²) in [6.07, 6.45) is 1.07.